The van der Waals surface area contributed by atoms with Gasteiger partial charge in [0.25, 0.3) is 5.56 Å². The molecule has 1 aliphatic rings. The van der Waals surface area contributed by atoms with E-state index < -0.39 is 27.9 Å². The summed E-state index contributed by atoms with van der Waals surface area (Å²) in [6.45, 7) is 2.82. The zero-order valence-corrected chi connectivity index (χ0v) is 24.2. The lowest BCUT2D eigenvalue weighted by molar-refractivity contribution is 0.319. The molecule has 0 unspecified atom stereocenters. The van der Waals surface area contributed by atoms with Crippen LogP contribution in [-0.4, -0.2) is 30.5 Å². The van der Waals surface area contributed by atoms with Crippen LogP contribution >= 0.6 is 22.6 Å². The van der Waals surface area contributed by atoms with Gasteiger partial charge in [0.2, 0.25) is 0 Å². The third-order valence-corrected chi connectivity index (χ3v) is 9.09. The number of pyridine rings is 1. The van der Waals surface area contributed by atoms with Gasteiger partial charge >= 0.3 is 5.63 Å². The lowest BCUT2D eigenvalue weighted by atomic mass is 9.98. The first-order valence-corrected chi connectivity index (χ1v) is 15.3. The van der Waals surface area contributed by atoms with Crippen molar-refractivity contribution in [2.24, 2.45) is 0 Å². The van der Waals surface area contributed by atoms with E-state index in [0.717, 1.165) is 12.8 Å². The SMILES string of the molecule is Cc1c(Nc2ccc(I)cc2F)c2c(=O)n(C3CC3)c(C)c(-c3cccc(CS(=O)(=O)CCO)c3)c2oc1=O. The van der Waals surface area contributed by atoms with Crippen LogP contribution in [0, 0.1) is 23.2 Å². The van der Waals surface area contributed by atoms with Crippen molar-refractivity contribution in [3.63, 3.8) is 0 Å². The third-order valence-electron chi connectivity index (χ3n) is 6.84. The number of nitrogens with zero attached hydrogens (tertiary/aromatic N) is 1. The van der Waals surface area contributed by atoms with Gasteiger partial charge < -0.3 is 19.4 Å². The highest BCUT2D eigenvalue weighted by Gasteiger charge is 2.31. The van der Waals surface area contributed by atoms with Crippen LogP contribution in [0.15, 0.2) is 56.5 Å². The zero-order valence-electron chi connectivity index (χ0n) is 21.3. The number of aliphatic hydroxyl groups is 1. The Morgan fingerprint density at radius 2 is 1.90 bits per heavy atom. The van der Waals surface area contributed by atoms with Crippen molar-refractivity contribution in [1.82, 2.24) is 4.57 Å². The summed E-state index contributed by atoms with van der Waals surface area (Å²) in [5.41, 5.74) is 1.58. The van der Waals surface area contributed by atoms with Crippen LogP contribution in [-0.2, 0) is 15.6 Å². The maximum atomic E-state index is 14.8. The molecule has 4 aromatic rings. The molecule has 2 N–H and O–H groups in total. The second-order valence-electron chi connectivity index (χ2n) is 9.73. The van der Waals surface area contributed by atoms with Crippen molar-refractivity contribution in [3.05, 3.63) is 89.4 Å². The Balaban J connectivity index is 1.79. The molecular weight excluding hydrogens is 638 g/mol. The van der Waals surface area contributed by atoms with E-state index in [1.54, 1.807) is 47.9 Å². The summed E-state index contributed by atoms with van der Waals surface area (Å²) in [5.74, 6) is -1.17. The fraction of sp³-hybridized carbons (Fsp3) is 0.286. The highest BCUT2D eigenvalue weighted by molar-refractivity contribution is 14.1. The molecule has 2 aromatic carbocycles. The third kappa shape index (κ3) is 5.39. The Morgan fingerprint density at radius 3 is 2.56 bits per heavy atom. The standard InChI is InChI=1S/C28H26FIN2O6S/c1-15-25(31-22-9-6-19(30)13-21(22)29)24-26(38-28(15)35)23(16(2)32(27(24)34)20-7-8-20)18-5-3-4-17(12-18)14-39(36,37)11-10-33/h3-6,9,12-13,20,31,33H,7-8,10-11,14H2,1-2H3. The quantitative estimate of drug-likeness (QED) is 0.256. The number of benzene rings is 2. The number of aliphatic hydroxyl groups excluding tert-OH is 1. The highest BCUT2D eigenvalue weighted by atomic mass is 127. The molecular formula is C28H26FIN2O6S. The predicted octanol–water partition coefficient (Wildman–Crippen LogP) is 4.97. The molecule has 0 atom stereocenters. The number of aromatic nitrogens is 1. The summed E-state index contributed by atoms with van der Waals surface area (Å²) < 4.78 is 47.7. The Morgan fingerprint density at radius 1 is 1.15 bits per heavy atom. The summed E-state index contributed by atoms with van der Waals surface area (Å²) in [6, 6.07) is 11.4. The zero-order chi connectivity index (χ0) is 28.1. The molecule has 0 aliphatic heterocycles. The van der Waals surface area contributed by atoms with Crippen LogP contribution in [0.1, 0.15) is 35.7 Å². The van der Waals surface area contributed by atoms with Gasteiger partial charge in [-0.15, -0.1) is 0 Å². The molecule has 1 aliphatic carbocycles. The fourth-order valence-electron chi connectivity index (χ4n) is 4.84. The Kier molecular flexibility index (Phi) is 7.42. The van der Waals surface area contributed by atoms with Crippen LogP contribution in [0.2, 0.25) is 0 Å². The van der Waals surface area contributed by atoms with E-state index in [-0.39, 0.29) is 51.0 Å². The maximum absolute atomic E-state index is 14.8. The van der Waals surface area contributed by atoms with Crippen LogP contribution < -0.4 is 16.5 Å². The maximum Gasteiger partial charge on any atom is 0.341 e. The van der Waals surface area contributed by atoms with Gasteiger partial charge in [-0.1, -0.05) is 18.2 Å². The number of sulfone groups is 1. The minimum absolute atomic E-state index is 0.0242. The molecule has 5 rings (SSSR count). The van der Waals surface area contributed by atoms with Crippen LogP contribution in [0.4, 0.5) is 15.8 Å². The molecule has 39 heavy (non-hydrogen) atoms. The van der Waals surface area contributed by atoms with E-state index in [0.29, 0.717) is 26.0 Å². The van der Waals surface area contributed by atoms with Gasteiger partial charge in [0.05, 0.1) is 35.1 Å². The van der Waals surface area contributed by atoms with Gasteiger partial charge in [-0.2, -0.15) is 0 Å². The van der Waals surface area contributed by atoms with Crippen molar-refractivity contribution in [2.45, 2.75) is 38.5 Å². The molecule has 2 heterocycles. The molecule has 2 aromatic heterocycles. The van der Waals surface area contributed by atoms with E-state index >= 15 is 0 Å². The van der Waals surface area contributed by atoms with Crippen LogP contribution in [0.3, 0.4) is 0 Å². The number of rotatable bonds is 8. The Bertz CT molecular complexity index is 1840. The first-order valence-electron chi connectivity index (χ1n) is 12.4. The Hall–Kier alpha value is -3.03. The minimum Gasteiger partial charge on any atom is -0.421 e. The first kappa shape index (κ1) is 27.5. The minimum atomic E-state index is -3.54. The second-order valence-corrected chi connectivity index (χ2v) is 13.2. The molecule has 204 valence electrons. The summed E-state index contributed by atoms with van der Waals surface area (Å²) in [6.07, 6.45) is 1.63. The molecule has 0 saturated heterocycles. The summed E-state index contributed by atoms with van der Waals surface area (Å²) in [4.78, 5) is 27.0. The second kappa shape index (κ2) is 10.5. The van der Waals surface area contributed by atoms with E-state index in [4.69, 9.17) is 9.52 Å². The number of anilines is 2. The molecule has 1 saturated carbocycles. The highest BCUT2D eigenvalue weighted by Crippen LogP contribution is 2.41. The predicted molar refractivity (Wildman–Crippen MR) is 157 cm³/mol. The van der Waals surface area contributed by atoms with Gasteiger partial charge in [0.1, 0.15) is 11.2 Å². The number of halogens is 2. The van der Waals surface area contributed by atoms with Crippen molar-refractivity contribution < 1.29 is 22.3 Å². The van der Waals surface area contributed by atoms with E-state index in [1.165, 1.54) is 13.0 Å². The monoisotopic (exact) mass is 664 g/mol. The molecule has 1 fully saturated rings. The van der Waals surface area contributed by atoms with E-state index in [9.17, 15) is 22.4 Å². The van der Waals surface area contributed by atoms with Crippen molar-refractivity contribution in [3.8, 4) is 11.1 Å². The van der Waals surface area contributed by atoms with Gasteiger partial charge in [-0.3, -0.25) is 4.79 Å². The first-order chi connectivity index (χ1) is 18.5. The van der Waals surface area contributed by atoms with Crippen molar-refractivity contribution in [2.75, 3.05) is 17.7 Å². The molecule has 0 bridgehead atoms. The smallest absolute Gasteiger partial charge is 0.341 e. The lowest BCUT2D eigenvalue weighted by Gasteiger charge is -2.19. The van der Waals surface area contributed by atoms with Crippen LogP contribution in [0.5, 0.6) is 0 Å². The van der Waals surface area contributed by atoms with Crippen molar-refractivity contribution >= 4 is 54.8 Å². The Labute approximate surface area is 237 Å². The molecule has 8 nitrogen and oxygen atoms in total. The van der Waals surface area contributed by atoms with Crippen molar-refractivity contribution in [1.29, 1.82) is 0 Å². The van der Waals surface area contributed by atoms with Crippen LogP contribution in [0.25, 0.3) is 22.1 Å². The number of fused-ring (bicyclic) bond motifs is 1. The summed E-state index contributed by atoms with van der Waals surface area (Å²) in [7, 11) is -3.54. The number of hydrogen-bond donors (Lipinski definition) is 2. The van der Waals surface area contributed by atoms with E-state index in [1.807, 2.05) is 22.6 Å². The average Bonchev–Trinajstić information content (AvgIpc) is 3.68. The fourth-order valence-corrected chi connectivity index (χ4v) is 6.40. The normalized spacial score (nSPS) is 13.7. The average molecular weight is 664 g/mol. The van der Waals surface area contributed by atoms with Gasteiger partial charge in [0, 0.05) is 20.9 Å². The summed E-state index contributed by atoms with van der Waals surface area (Å²) in [5, 5.41) is 12.2. The van der Waals surface area contributed by atoms with Gasteiger partial charge in [-0.25, -0.2) is 17.6 Å². The molecule has 0 spiro atoms. The van der Waals surface area contributed by atoms with E-state index in [2.05, 4.69) is 5.32 Å². The number of hydrogen-bond acceptors (Lipinski definition) is 7. The van der Waals surface area contributed by atoms with Gasteiger partial charge in [0.15, 0.2) is 15.4 Å². The topological polar surface area (TPSA) is 119 Å². The lowest BCUT2D eigenvalue weighted by Crippen LogP contribution is -2.25. The molecule has 0 amide bonds. The number of nitrogens with one attached hydrogen (secondary N) is 1. The summed E-state index contributed by atoms with van der Waals surface area (Å²) >= 11 is 2.00. The largest absolute Gasteiger partial charge is 0.421 e. The molecule has 11 heteroatoms. The van der Waals surface area contributed by atoms with Gasteiger partial charge in [-0.05, 0) is 84.7 Å². The molecule has 0 radical (unpaired) electrons.